The van der Waals surface area contributed by atoms with Gasteiger partial charge in [0.1, 0.15) is 5.60 Å². The number of likely N-dealkylation sites (tertiary alicyclic amines) is 1. The van der Waals surface area contributed by atoms with Gasteiger partial charge in [0, 0.05) is 25.2 Å². The number of hydrogen-bond acceptors (Lipinski definition) is 4. The van der Waals surface area contributed by atoms with E-state index in [4.69, 9.17) is 4.74 Å². The van der Waals surface area contributed by atoms with Crippen molar-refractivity contribution < 1.29 is 9.53 Å². The molecule has 112 valence electrons. The summed E-state index contributed by atoms with van der Waals surface area (Å²) in [5, 5.41) is 3.54. The van der Waals surface area contributed by atoms with Gasteiger partial charge in [-0.2, -0.15) is 0 Å². The van der Waals surface area contributed by atoms with Gasteiger partial charge in [-0.3, -0.25) is 0 Å². The van der Waals surface area contributed by atoms with E-state index in [-0.39, 0.29) is 6.09 Å². The van der Waals surface area contributed by atoms with Gasteiger partial charge in [0.15, 0.2) is 0 Å². The van der Waals surface area contributed by atoms with E-state index >= 15 is 0 Å². The molecule has 0 bridgehead atoms. The fourth-order valence-corrected chi connectivity index (χ4v) is 2.00. The van der Waals surface area contributed by atoms with E-state index < -0.39 is 5.60 Å². The number of amides is 1. The van der Waals surface area contributed by atoms with Gasteiger partial charge in [-0.25, -0.2) is 4.79 Å². The molecular formula is C14H29N3O2. The van der Waals surface area contributed by atoms with E-state index in [1.807, 2.05) is 20.8 Å². The zero-order valence-corrected chi connectivity index (χ0v) is 13.2. The summed E-state index contributed by atoms with van der Waals surface area (Å²) in [7, 11) is 4.17. The van der Waals surface area contributed by atoms with Gasteiger partial charge in [0.05, 0.1) is 0 Å². The largest absolute Gasteiger partial charge is 0.444 e. The number of ether oxygens (including phenoxy) is 1. The van der Waals surface area contributed by atoms with Gasteiger partial charge in [-0.15, -0.1) is 0 Å². The second kappa shape index (κ2) is 6.57. The molecule has 5 heteroatoms. The molecule has 5 nitrogen and oxygen atoms in total. The zero-order valence-electron chi connectivity index (χ0n) is 13.2. The highest BCUT2D eigenvalue weighted by Gasteiger charge is 2.33. The van der Waals surface area contributed by atoms with Crippen LogP contribution in [-0.4, -0.2) is 67.3 Å². The Labute approximate surface area is 117 Å². The lowest BCUT2D eigenvalue weighted by molar-refractivity contribution is 0.00420. The molecule has 0 spiro atoms. The number of carbonyl (C=O) groups excluding carboxylic acids is 1. The van der Waals surface area contributed by atoms with Crippen LogP contribution in [-0.2, 0) is 4.74 Å². The molecule has 0 aromatic carbocycles. The van der Waals surface area contributed by atoms with Crippen LogP contribution in [0, 0.1) is 0 Å². The number of carbonyl (C=O) groups is 1. The van der Waals surface area contributed by atoms with Crippen LogP contribution in [0.3, 0.4) is 0 Å². The molecule has 0 aliphatic carbocycles. The van der Waals surface area contributed by atoms with Gasteiger partial charge >= 0.3 is 6.09 Å². The Hall–Kier alpha value is -0.810. The second-order valence-electron chi connectivity index (χ2n) is 6.74. The fourth-order valence-electron chi connectivity index (χ4n) is 2.00. The van der Waals surface area contributed by atoms with Crippen molar-refractivity contribution in [3.05, 3.63) is 0 Å². The molecule has 0 aromatic rings. The maximum Gasteiger partial charge on any atom is 0.410 e. The number of nitrogens with one attached hydrogen (secondary N) is 1. The number of rotatable bonds is 5. The summed E-state index contributed by atoms with van der Waals surface area (Å²) in [5.41, 5.74) is -0.408. The molecule has 1 rings (SSSR count). The van der Waals surface area contributed by atoms with Crippen molar-refractivity contribution in [2.45, 2.75) is 51.8 Å². The van der Waals surface area contributed by atoms with E-state index in [1.165, 1.54) is 0 Å². The van der Waals surface area contributed by atoms with Crippen molar-refractivity contribution in [1.82, 2.24) is 15.1 Å². The number of hydrogen-bond donors (Lipinski definition) is 1. The Morgan fingerprint density at radius 3 is 2.47 bits per heavy atom. The molecular weight excluding hydrogens is 242 g/mol. The van der Waals surface area contributed by atoms with Gasteiger partial charge < -0.3 is 19.9 Å². The third kappa shape index (κ3) is 6.25. The van der Waals surface area contributed by atoms with E-state index in [9.17, 15) is 4.79 Å². The Kier molecular flexibility index (Phi) is 5.62. The van der Waals surface area contributed by atoms with Crippen LogP contribution in [0.1, 0.15) is 34.1 Å². The molecule has 1 amide bonds. The zero-order chi connectivity index (χ0) is 14.6. The Bertz CT molecular complexity index is 294. The molecule has 0 aromatic heterocycles. The summed E-state index contributed by atoms with van der Waals surface area (Å²) in [5.74, 6) is 0. The summed E-state index contributed by atoms with van der Waals surface area (Å²) in [6.07, 6.45) is 0.919. The van der Waals surface area contributed by atoms with Crippen LogP contribution in [0.2, 0.25) is 0 Å². The molecule has 1 fully saturated rings. The fraction of sp³-hybridized carbons (Fsp3) is 0.929. The molecule has 1 atom stereocenters. The summed E-state index contributed by atoms with van der Waals surface area (Å²) in [4.78, 5) is 15.7. The molecule has 1 N–H and O–H groups in total. The van der Waals surface area contributed by atoms with Crippen LogP contribution in [0.25, 0.3) is 0 Å². The first-order valence-corrected chi connectivity index (χ1v) is 7.06. The second-order valence-corrected chi connectivity index (χ2v) is 6.74. The number of nitrogens with zero attached hydrogens (tertiary/aromatic N) is 2. The van der Waals surface area contributed by atoms with Crippen molar-refractivity contribution in [2.24, 2.45) is 0 Å². The molecule has 1 unspecified atom stereocenters. The van der Waals surface area contributed by atoms with Crippen molar-refractivity contribution in [3.63, 3.8) is 0 Å². The topological polar surface area (TPSA) is 44.8 Å². The minimum Gasteiger partial charge on any atom is -0.444 e. The first kappa shape index (κ1) is 16.2. The quantitative estimate of drug-likeness (QED) is 0.824. The van der Waals surface area contributed by atoms with E-state index in [0.29, 0.717) is 12.1 Å². The van der Waals surface area contributed by atoms with Crippen LogP contribution in [0.15, 0.2) is 0 Å². The maximum atomic E-state index is 11.8. The average molecular weight is 271 g/mol. The van der Waals surface area contributed by atoms with Gasteiger partial charge in [-0.05, 0) is 54.8 Å². The third-order valence-electron chi connectivity index (χ3n) is 3.06. The maximum absolute atomic E-state index is 11.8. The summed E-state index contributed by atoms with van der Waals surface area (Å²) in [6, 6.07) is 0.887. The molecule has 1 heterocycles. The van der Waals surface area contributed by atoms with Crippen molar-refractivity contribution in [3.8, 4) is 0 Å². The summed E-state index contributed by atoms with van der Waals surface area (Å²) in [6.45, 7) is 10.5. The van der Waals surface area contributed by atoms with Gasteiger partial charge in [-0.1, -0.05) is 0 Å². The lowest BCUT2D eigenvalue weighted by Gasteiger charge is -2.41. The highest BCUT2D eigenvalue weighted by Crippen LogP contribution is 2.15. The lowest BCUT2D eigenvalue weighted by Crippen LogP contribution is -2.62. The SMILES string of the molecule is CC(CCN(C)C)NC1CN(C(=O)OC(C)(C)C)C1. The molecule has 1 aliphatic heterocycles. The Morgan fingerprint density at radius 2 is 2.00 bits per heavy atom. The third-order valence-corrected chi connectivity index (χ3v) is 3.06. The van der Waals surface area contributed by atoms with Crippen LogP contribution >= 0.6 is 0 Å². The average Bonchev–Trinajstić information content (AvgIpc) is 2.16. The lowest BCUT2D eigenvalue weighted by atomic mass is 10.1. The van der Waals surface area contributed by atoms with Crippen molar-refractivity contribution in [2.75, 3.05) is 33.7 Å². The molecule has 0 radical (unpaired) electrons. The highest BCUT2D eigenvalue weighted by atomic mass is 16.6. The van der Waals surface area contributed by atoms with E-state index in [0.717, 1.165) is 26.1 Å². The van der Waals surface area contributed by atoms with Gasteiger partial charge in [0.2, 0.25) is 0 Å². The van der Waals surface area contributed by atoms with E-state index in [2.05, 4.69) is 31.2 Å². The Morgan fingerprint density at radius 1 is 1.42 bits per heavy atom. The predicted molar refractivity (Wildman–Crippen MR) is 77.4 cm³/mol. The minimum atomic E-state index is -0.408. The van der Waals surface area contributed by atoms with Crippen LogP contribution in [0.5, 0.6) is 0 Å². The summed E-state index contributed by atoms with van der Waals surface area (Å²) >= 11 is 0. The molecule has 0 saturated carbocycles. The highest BCUT2D eigenvalue weighted by molar-refractivity contribution is 5.69. The monoisotopic (exact) mass is 271 g/mol. The Balaban J connectivity index is 2.18. The van der Waals surface area contributed by atoms with Gasteiger partial charge in [0.25, 0.3) is 0 Å². The summed E-state index contributed by atoms with van der Waals surface area (Å²) < 4.78 is 5.33. The molecule has 19 heavy (non-hydrogen) atoms. The molecule has 1 saturated heterocycles. The predicted octanol–water partition coefficient (Wildman–Crippen LogP) is 1.54. The molecule has 1 aliphatic rings. The van der Waals surface area contributed by atoms with Crippen molar-refractivity contribution in [1.29, 1.82) is 0 Å². The van der Waals surface area contributed by atoms with Crippen molar-refractivity contribution >= 4 is 6.09 Å². The standard InChI is InChI=1S/C14H29N3O2/c1-11(7-8-16(5)6)15-12-9-17(10-12)13(18)19-14(2,3)4/h11-12,15H,7-10H2,1-6H3. The minimum absolute atomic E-state index is 0.202. The first-order chi connectivity index (χ1) is 8.67. The van der Waals surface area contributed by atoms with Crippen LogP contribution in [0.4, 0.5) is 4.79 Å². The smallest absolute Gasteiger partial charge is 0.410 e. The van der Waals surface area contributed by atoms with Crippen LogP contribution < -0.4 is 5.32 Å². The normalized spacial score (nSPS) is 18.4. The van der Waals surface area contributed by atoms with E-state index in [1.54, 1.807) is 4.90 Å². The first-order valence-electron chi connectivity index (χ1n) is 7.06.